The number of anilines is 2. The molecule has 33 heavy (non-hydrogen) atoms. The van der Waals surface area contributed by atoms with E-state index in [1.807, 2.05) is 0 Å². The molecular formula is C24H19FN4O4. The van der Waals surface area contributed by atoms with Gasteiger partial charge in [0.25, 0.3) is 5.91 Å². The van der Waals surface area contributed by atoms with Crippen LogP contribution in [0.2, 0.25) is 0 Å². The van der Waals surface area contributed by atoms with Crippen molar-refractivity contribution < 1.29 is 23.6 Å². The number of urea groups is 1. The van der Waals surface area contributed by atoms with E-state index < -0.39 is 35.6 Å². The van der Waals surface area contributed by atoms with Crippen LogP contribution in [0.15, 0.2) is 84.9 Å². The summed E-state index contributed by atoms with van der Waals surface area (Å²) >= 11 is 0. The lowest BCUT2D eigenvalue weighted by atomic mass is 10.1. The highest BCUT2D eigenvalue weighted by Crippen LogP contribution is 2.24. The lowest BCUT2D eigenvalue weighted by Crippen LogP contribution is -2.65. The van der Waals surface area contributed by atoms with Crippen molar-refractivity contribution in [2.75, 3.05) is 10.2 Å². The molecule has 1 atom stereocenters. The van der Waals surface area contributed by atoms with E-state index in [2.05, 4.69) is 10.7 Å². The monoisotopic (exact) mass is 446 g/mol. The number of carbonyl (C=O) groups excluding carboxylic acids is 4. The quantitative estimate of drug-likeness (QED) is 0.628. The van der Waals surface area contributed by atoms with E-state index >= 15 is 0 Å². The summed E-state index contributed by atoms with van der Waals surface area (Å²) in [6.45, 7) is 0. The fourth-order valence-corrected chi connectivity index (χ4v) is 3.39. The van der Waals surface area contributed by atoms with Crippen LogP contribution in [0.5, 0.6) is 0 Å². The van der Waals surface area contributed by atoms with Gasteiger partial charge in [-0.2, -0.15) is 0 Å². The number of carbonyl (C=O) groups is 4. The largest absolute Gasteiger partial charge is 0.350 e. The summed E-state index contributed by atoms with van der Waals surface area (Å²) in [6, 6.07) is 19.2. The molecule has 1 aliphatic heterocycles. The number of rotatable bonds is 5. The van der Waals surface area contributed by atoms with Crippen molar-refractivity contribution in [3.63, 3.8) is 0 Å². The second-order valence-electron chi connectivity index (χ2n) is 7.24. The van der Waals surface area contributed by atoms with Crippen molar-refractivity contribution in [1.82, 2.24) is 10.4 Å². The Morgan fingerprint density at radius 3 is 2.09 bits per heavy atom. The number of nitrogens with one attached hydrogen (secondary N) is 2. The molecule has 2 N–H and O–H groups in total. The minimum absolute atomic E-state index is 0.270. The summed E-state index contributed by atoms with van der Waals surface area (Å²) in [5, 5.41) is 3.41. The van der Waals surface area contributed by atoms with Crippen molar-refractivity contribution in [3.05, 3.63) is 96.3 Å². The van der Waals surface area contributed by atoms with Gasteiger partial charge < -0.3 is 5.32 Å². The topological polar surface area (TPSA) is 98.8 Å². The van der Waals surface area contributed by atoms with E-state index in [0.29, 0.717) is 5.69 Å². The number of hydrazine groups is 1. The molecule has 1 heterocycles. The number of halogens is 1. The molecule has 1 aliphatic rings. The average molecular weight is 446 g/mol. The van der Waals surface area contributed by atoms with E-state index in [-0.39, 0.29) is 17.7 Å². The highest BCUT2D eigenvalue weighted by molar-refractivity contribution is 6.19. The normalized spacial score (nSPS) is 15.8. The van der Waals surface area contributed by atoms with Crippen LogP contribution in [0.1, 0.15) is 16.8 Å². The number of nitrogens with zero attached hydrogens (tertiary/aromatic N) is 2. The van der Waals surface area contributed by atoms with E-state index in [0.717, 1.165) is 9.91 Å². The molecule has 1 fully saturated rings. The Hall–Kier alpha value is -4.53. The van der Waals surface area contributed by atoms with Gasteiger partial charge in [-0.25, -0.2) is 19.1 Å². The molecule has 166 valence electrons. The SMILES string of the molecule is O=C(NN1C(=O)N(c2ccccc2)C(=O)C[C@@H]1C(=O)Nc1ccc(F)cc1)c1ccccc1. The summed E-state index contributed by atoms with van der Waals surface area (Å²) in [6.07, 6.45) is -0.372. The van der Waals surface area contributed by atoms with E-state index in [1.165, 1.54) is 24.3 Å². The van der Waals surface area contributed by atoms with Crippen molar-refractivity contribution in [2.45, 2.75) is 12.5 Å². The number of hydrogen-bond acceptors (Lipinski definition) is 4. The average Bonchev–Trinajstić information content (AvgIpc) is 2.83. The molecule has 0 bridgehead atoms. The maximum absolute atomic E-state index is 13.3. The zero-order chi connectivity index (χ0) is 23.4. The Labute approximate surface area is 188 Å². The molecule has 0 aliphatic carbocycles. The minimum Gasteiger partial charge on any atom is -0.324 e. The fourth-order valence-electron chi connectivity index (χ4n) is 3.39. The molecule has 8 nitrogen and oxygen atoms in total. The van der Waals surface area contributed by atoms with Gasteiger partial charge in [-0.15, -0.1) is 0 Å². The highest BCUT2D eigenvalue weighted by Gasteiger charge is 2.44. The number of benzene rings is 3. The van der Waals surface area contributed by atoms with Crippen molar-refractivity contribution >= 4 is 35.1 Å². The van der Waals surface area contributed by atoms with E-state index in [1.54, 1.807) is 60.7 Å². The van der Waals surface area contributed by atoms with Crippen LogP contribution in [0, 0.1) is 5.82 Å². The molecule has 5 amide bonds. The first kappa shape index (κ1) is 21.7. The Kier molecular flexibility index (Phi) is 6.12. The lowest BCUT2D eigenvalue weighted by Gasteiger charge is -2.38. The molecule has 4 rings (SSSR count). The zero-order valence-corrected chi connectivity index (χ0v) is 17.3. The second kappa shape index (κ2) is 9.31. The van der Waals surface area contributed by atoms with Crippen molar-refractivity contribution in [2.24, 2.45) is 0 Å². The standard InChI is InChI=1S/C24H19FN4O4/c25-17-11-13-18(14-12-17)26-23(32)20-15-21(30)28(19-9-5-2-6-10-19)24(33)29(20)27-22(31)16-7-3-1-4-8-16/h1-14,20H,15H2,(H,26,32)(H,27,31)/t20-/m1/s1. The van der Waals surface area contributed by atoms with Crippen LogP contribution in [-0.2, 0) is 9.59 Å². The third-order valence-corrected chi connectivity index (χ3v) is 5.01. The highest BCUT2D eigenvalue weighted by atomic mass is 19.1. The Morgan fingerprint density at radius 2 is 1.45 bits per heavy atom. The summed E-state index contributed by atoms with van der Waals surface area (Å²) in [5.74, 6) is -2.41. The smallest absolute Gasteiger partial charge is 0.324 e. The molecule has 0 spiro atoms. The van der Waals surface area contributed by atoms with E-state index in [9.17, 15) is 23.6 Å². The Bertz CT molecular complexity index is 1190. The third kappa shape index (κ3) is 4.72. The Morgan fingerprint density at radius 1 is 0.848 bits per heavy atom. The first-order chi connectivity index (χ1) is 15.9. The van der Waals surface area contributed by atoms with Gasteiger partial charge >= 0.3 is 6.03 Å². The van der Waals surface area contributed by atoms with Gasteiger partial charge in [0.15, 0.2) is 0 Å². The lowest BCUT2D eigenvalue weighted by molar-refractivity contribution is -0.128. The number of para-hydroxylation sites is 1. The first-order valence-electron chi connectivity index (χ1n) is 10.1. The molecule has 3 aromatic rings. The summed E-state index contributed by atoms with van der Waals surface area (Å²) in [5.41, 5.74) is 3.32. The molecule has 0 unspecified atom stereocenters. The first-order valence-corrected chi connectivity index (χ1v) is 10.1. The van der Waals surface area contributed by atoms with Gasteiger partial charge in [-0.1, -0.05) is 36.4 Å². The van der Waals surface area contributed by atoms with Crippen LogP contribution in [0.25, 0.3) is 0 Å². The van der Waals surface area contributed by atoms with Gasteiger partial charge in [0.05, 0.1) is 12.1 Å². The summed E-state index contributed by atoms with van der Waals surface area (Å²) in [7, 11) is 0. The fraction of sp³-hybridized carbons (Fsp3) is 0.0833. The van der Waals surface area contributed by atoms with Crippen LogP contribution < -0.4 is 15.6 Å². The minimum atomic E-state index is -1.32. The van der Waals surface area contributed by atoms with Gasteiger partial charge in [-0.3, -0.25) is 19.8 Å². The summed E-state index contributed by atoms with van der Waals surface area (Å²) < 4.78 is 13.2. The van der Waals surface area contributed by atoms with Crippen LogP contribution in [-0.4, -0.2) is 34.8 Å². The van der Waals surface area contributed by atoms with Gasteiger partial charge in [0.2, 0.25) is 11.8 Å². The molecule has 1 saturated heterocycles. The van der Waals surface area contributed by atoms with Gasteiger partial charge in [-0.05, 0) is 48.5 Å². The second-order valence-corrected chi connectivity index (χ2v) is 7.24. The molecule has 0 aromatic heterocycles. The van der Waals surface area contributed by atoms with Crippen molar-refractivity contribution in [3.8, 4) is 0 Å². The number of imide groups is 1. The Balaban J connectivity index is 1.64. The van der Waals surface area contributed by atoms with E-state index in [4.69, 9.17) is 0 Å². The molecule has 9 heteroatoms. The number of hydrogen-bond donors (Lipinski definition) is 2. The van der Waals surface area contributed by atoms with Crippen LogP contribution in [0.3, 0.4) is 0 Å². The predicted molar refractivity (Wildman–Crippen MR) is 119 cm³/mol. The third-order valence-electron chi connectivity index (χ3n) is 5.01. The van der Waals surface area contributed by atoms with Gasteiger partial charge in [0.1, 0.15) is 11.9 Å². The molecule has 0 radical (unpaired) electrons. The zero-order valence-electron chi connectivity index (χ0n) is 17.3. The maximum Gasteiger partial charge on any atom is 0.350 e. The molecular weight excluding hydrogens is 427 g/mol. The van der Waals surface area contributed by atoms with Gasteiger partial charge in [0, 0.05) is 11.3 Å². The molecule has 3 aromatic carbocycles. The van der Waals surface area contributed by atoms with Crippen molar-refractivity contribution in [1.29, 1.82) is 0 Å². The number of amides is 5. The summed E-state index contributed by atoms with van der Waals surface area (Å²) in [4.78, 5) is 52.8. The maximum atomic E-state index is 13.3. The predicted octanol–water partition coefficient (Wildman–Crippen LogP) is 3.34. The molecule has 0 saturated carbocycles. The van der Waals surface area contributed by atoms with Crippen LogP contribution in [0.4, 0.5) is 20.6 Å². The van der Waals surface area contributed by atoms with Crippen LogP contribution >= 0.6 is 0 Å².